The van der Waals surface area contributed by atoms with Gasteiger partial charge in [0.1, 0.15) is 5.51 Å². The number of carbonyl (C=O) groups excluding carboxylic acids is 1. The highest BCUT2D eigenvalue weighted by molar-refractivity contribution is 7.13. The normalized spacial score (nSPS) is 10.3. The lowest BCUT2D eigenvalue weighted by Gasteiger charge is -1.95. The van der Waals surface area contributed by atoms with Crippen LogP contribution in [0.25, 0.3) is 0 Å². The van der Waals surface area contributed by atoms with Crippen molar-refractivity contribution in [1.29, 1.82) is 0 Å². The summed E-state index contributed by atoms with van der Waals surface area (Å²) in [6.45, 7) is 0. The Kier molecular flexibility index (Phi) is 3.74. The van der Waals surface area contributed by atoms with Crippen molar-refractivity contribution in [2.24, 2.45) is 0 Å². The van der Waals surface area contributed by atoms with Gasteiger partial charge in [0.2, 0.25) is 11.0 Å². The summed E-state index contributed by atoms with van der Waals surface area (Å²) >= 11 is 1.20. The molecule has 1 aromatic heterocycles. The van der Waals surface area contributed by atoms with E-state index in [1.54, 1.807) is 0 Å². The van der Waals surface area contributed by atoms with Gasteiger partial charge >= 0.3 is 5.97 Å². The van der Waals surface area contributed by atoms with Gasteiger partial charge in [-0.1, -0.05) is 17.4 Å². The molecule has 1 aromatic rings. The molecule has 0 radical (unpaired) electrons. The van der Waals surface area contributed by atoms with Gasteiger partial charge in [0.25, 0.3) is 0 Å². The van der Waals surface area contributed by atoms with Crippen molar-refractivity contribution in [3.05, 3.63) is 17.7 Å². The van der Waals surface area contributed by atoms with Crippen LogP contribution in [0.3, 0.4) is 0 Å². The highest BCUT2D eigenvalue weighted by atomic mass is 32.1. The summed E-state index contributed by atoms with van der Waals surface area (Å²) in [5.41, 5.74) is 1.49. The molecule has 0 atom stereocenters. The maximum absolute atomic E-state index is 11.1. The lowest BCUT2D eigenvalue weighted by Crippen LogP contribution is -2.09. The maximum Gasteiger partial charge on any atom is 0.327 e. The fourth-order valence-electron chi connectivity index (χ4n) is 0.665. The van der Waals surface area contributed by atoms with Gasteiger partial charge in [0, 0.05) is 12.5 Å². The minimum Gasteiger partial charge on any atom is -0.478 e. The van der Waals surface area contributed by atoms with Crippen molar-refractivity contribution in [2.75, 3.05) is 5.32 Å². The third-order valence-corrected chi connectivity index (χ3v) is 1.78. The summed E-state index contributed by atoms with van der Waals surface area (Å²) in [5.74, 6) is -1.40. The molecule has 1 amide bonds. The molecule has 0 aliphatic heterocycles. The second-order valence-corrected chi connectivity index (χ2v) is 3.07. The molecule has 0 spiro atoms. The fourth-order valence-corrected chi connectivity index (χ4v) is 1.13. The van der Waals surface area contributed by atoms with Gasteiger partial charge in [-0.3, -0.25) is 4.79 Å². The van der Waals surface area contributed by atoms with Crippen molar-refractivity contribution >= 4 is 28.3 Å². The van der Waals surface area contributed by atoms with E-state index in [1.165, 1.54) is 22.9 Å². The van der Waals surface area contributed by atoms with Gasteiger partial charge in [0.15, 0.2) is 0 Å². The molecule has 0 unspecified atom stereocenters. The van der Waals surface area contributed by atoms with E-state index >= 15 is 0 Å². The van der Waals surface area contributed by atoms with Crippen molar-refractivity contribution in [1.82, 2.24) is 10.2 Å². The predicted molar refractivity (Wildman–Crippen MR) is 49.9 cm³/mol. The van der Waals surface area contributed by atoms with E-state index < -0.39 is 5.97 Å². The van der Waals surface area contributed by atoms with Crippen LogP contribution in [-0.4, -0.2) is 27.2 Å². The Morgan fingerprint density at radius 3 is 3.00 bits per heavy atom. The molecule has 14 heavy (non-hydrogen) atoms. The summed E-state index contributed by atoms with van der Waals surface area (Å²) in [7, 11) is 0. The second kappa shape index (κ2) is 5.07. The standard InChI is InChI=1S/C7H7N3O3S/c11-5(2-1-3-6(12)13)9-7-10-8-4-14-7/h1,3-4H,2H2,(H,12,13)(H,9,10,11). The van der Waals surface area contributed by atoms with Crippen LogP contribution in [0.15, 0.2) is 17.7 Å². The van der Waals surface area contributed by atoms with Gasteiger partial charge in [-0.15, -0.1) is 10.2 Å². The van der Waals surface area contributed by atoms with Gasteiger partial charge in [-0.05, 0) is 0 Å². The molecular weight excluding hydrogens is 206 g/mol. The molecule has 0 fully saturated rings. The largest absolute Gasteiger partial charge is 0.478 e. The number of carboxylic acid groups (broad SMARTS) is 1. The Morgan fingerprint density at radius 1 is 1.64 bits per heavy atom. The summed E-state index contributed by atoms with van der Waals surface area (Å²) in [6, 6.07) is 0. The van der Waals surface area contributed by atoms with Crippen molar-refractivity contribution < 1.29 is 14.7 Å². The van der Waals surface area contributed by atoms with E-state index in [1.807, 2.05) is 0 Å². The van der Waals surface area contributed by atoms with Crippen LogP contribution in [0.5, 0.6) is 0 Å². The Hall–Kier alpha value is -1.76. The summed E-state index contributed by atoms with van der Waals surface area (Å²) in [6.07, 6.45) is 2.18. The molecule has 1 rings (SSSR count). The first kappa shape index (κ1) is 10.3. The first-order chi connectivity index (χ1) is 6.68. The zero-order chi connectivity index (χ0) is 10.4. The molecule has 0 aliphatic rings. The van der Waals surface area contributed by atoms with E-state index in [4.69, 9.17) is 5.11 Å². The van der Waals surface area contributed by atoms with E-state index in [-0.39, 0.29) is 12.3 Å². The van der Waals surface area contributed by atoms with Crippen LogP contribution in [0.2, 0.25) is 0 Å². The molecule has 0 aliphatic carbocycles. The number of nitrogens with zero attached hydrogens (tertiary/aromatic N) is 2. The van der Waals surface area contributed by atoms with E-state index in [0.717, 1.165) is 6.08 Å². The second-order valence-electron chi connectivity index (χ2n) is 2.24. The van der Waals surface area contributed by atoms with Gasteiger partial charge < -0.3 is 10.4 Å². The number of aliphatic carboxylic acids is 1. The number of aromatic nitrogens is 2. The molecule has 0 aromatic carbocycles. The quantitative estimate of drug-likeness (QED) is 0.711. The Balaban J connectivity index is 2.33. The Morgan fingerprint density at radius 2 is 2.43 bits per heavy atom. The third-order valence-electron chi connectivity index (χ3n) is 1.17. The molecule has 0 saturated carbocycles. The molecule has 74 valence electrons. The Bertz CT molecular complexity index is 347. The van der Waals surface area contributed by atoms with Crippen molar-refractivity contribution in [2.45, 2.75) is 6.42 Å². The zero-order valence-corrected chi connectivity index (χ0v) is 7.82. The molecule has 1 heterocycles. The minimum absolute atomic E-state index is 0.00583. The number of anilines is 1. The van der Waals surface area contributed by atoms with E-state index in [9.17, 15) is 9.59 Å². The van der Waals surface area contributed by atoms with Crippen molar-refractivity contribution in [3.8, 4) is 0 Å². The molecule has 0 saturated heterocycles. The van der Waals surface area contributed by atoms with Crippen LogP contribution < -0.4 is 5.32 Å². The van der Waals surface area contributed by atoms with E-state index in [0.29, 0.717) is 5.13 Å². The smallest absolute Gasteiger partial charge is 0.327 e. The summed E-state index contributed by atoms with van der Waals surface area (Å²) < 4.78 is 0. The topological polar surface area (TPSA) is 92.2 Å². The van der Waals surface area contributed by atoms with Crippen LogP contribution in [0.1, 0.15) is 6.42 Å². The Labute approximate surface area is 83.3 Å². The van der Waals surface area contributed by atoms with Gasteiger partial charge in [-0.2, -0.15) is 0 Å². The van der Waals surface area contributed by atoms with E-state index in [2.05, 4.69) is 15.5 Å². The highest BCUT2D eigenvalue weighted by Crippen LogP contribution is 2.07. The molecule has 6 nitrogen and oxygen atoms in total. The third kappa shape index (κ3) is 3.76. The summed E-state index contributed by atoms with van der Waals surface area (Å²) in [5, 5.41) is 18.2. The van der Waals surface area contributed by atoms with Crippen molar-refractivity contribution in [3.63, 3.8) is 0 Å². The number of hydrogen-bond donors (Lipinski definition) is 2. The highest BCUT2D eigenvalue weighted by Gasteiger charge is 2.01. The van der Waals surface area contributed by atoms with Gasteiger partial charge in [-0.25, -0.2) is 4.79 Å². The number of hydrogen-bond acceptors (Lipinski definition) is 5. The maximum atomic E-state index is 11.1. The fraction of sp³-hybridized carbons (Fsp3) is 0.143. The zero-order valence-electron chi connectivity index (χ0n) is 7.01. The lowest BCUT2D eigenvalue weighted by molar-refractivity contribution is -0.131. The SMILES string of the molecule is O=C(O)C=CCC(=O)Nc1nncs1. The lowest BCUT2D eigenvalue weighted by atomic mass is 10.3. The molecule has 7 heteroatoms. The average molecular weight is 213 g/mol. The number of carboxylic acids is 1. The number of carbonyl (C=O) groups is 2. The average Bonchev–Trinajstić information content (AvgIpc) is 2.56. The number of nitrogens with one attached hydrogen (secondary N) is 1. The van der Waals surface area contributed by atoms with Crippen LogP contribution in [-0.2, 0) is 9.59 Å². The van der Waals surface area contributed by atoms with Gasteiger partial charge in [0.05, 0.1) is 0 Å². The monoisotopic (exact) mass is 213 g/mol. The predicted octanol–water partition coefficient (Wildman–Crippen LogP) is 0.507. The molecule has 2 N–H and O–H groups in total. The molecule has 0 bridgehead atoms. The van der Waals surface area contributed by atoms with Crippen LogP contribution in [0.4, 0.5) is 5.13 Å². The first-order valence-electron chi connectivity index (χ1n) is 3.64. The number of rotatable bonds is 4. The number of amides is 1. The molecular formula is C7H7N3O3S. The first-order valence-corrected chi connectivity index (χ1v) is 4.52. The minimum atomic E-state index is -1.08. The van der Waals surface area contributed by atoms with Crippen LogP contribution >= 0.6 is 11.3 Å². The summed E-state index contributed by atoms with van der Waals surface area (Å²) in [4.78, 5) is 21.1. The van der Waals surface area contributed by atoms with Crippen LogP contribution in [0, 0.1) is 0 Å².